The number of allylic oxidation sites excluding steroid dienone is 1. The van der Waals surface area contributed by atoms with Gasteiger partial charge in [0.1, 0.15) is 0 Å². The number of hydrogen-bond acceptors (Lipinski definition) is 0. The highest BCUT2D eigenvalue weighted by Gasteiger charge is 2.31. The highest BCUT2D eigenvalue weighted by molar-refractivity contribution is 6.84. The van der Waals surface area contributed by atoms with Gasteiger partial charge in [-0.3, -0.25) is 0 Å². The molecule has 114 valence electrons. The van der Waals surface area contributed by atoms with E-state index < -0.39 is 8.07 Å². The van der Waals surface area contributed by atoms with Crippen LogP contribution in [0.2, 0.25) is 18.1 Å². The lowest BCUT2D eigenvalue weighted by Crippen LogP contribution is -2.34. The average molecular weight is 283 g/mol. The van der Waals surface area contributed by atoms with Gasteiger partial charge in [-0.1, -0.05) is 97.5 Å². The molecule has 0 unspecified atom stereocenters. The van der Waals surface area contributed by atoms with Crippen LogP contribution < -0.4 is 0 Å². The van der Waals surface area contributed by atoms with Crippen LogP contribution in [-0.4, -0.2) is 8.07 Å². The van der Waals surface area contributed by atoms with E-state index in [1.807, 2.05) is 0 Å². The molecule has 0 aromatic carbocycles. The van der Waals surface area contributed by atoms with E-state index in [0.29, 0.717) is 5.04 Å². The molecule has 0 aliphatic rings. The van der Waals surface area contributed by atoms with E-state index >= 15 is 0 Å². The van der Waals surface area contributed by atoms with E-state index in [1.54, 1.807) is 0 Å². The zero-order chi connectivity index (χ0) is 14.8. The summed E-state index contributed by atoms with van der Waals surface area (Å²) in [6, 6.07) is 0. The van der Waals surface area contributed by atoms with Gasteiger partial charge in [0.25, 0.3) is 0 Å². The Hall–Kier alpha value is -0.0431. The molecule has 0 radical (unpaired) electrons. The largest absolute Gasteiger partial charge is 0.0981 e. The van der Waals surface area contributed by atoms with Crippen molar-refractivity contribution in [2.24, 2.45) is 0 Å². The highest BCUT2D eigenvalue weighted by atomic mass is 28.3. The Kier molecular flexibility index (Phi) is 9.77. The Bertz CT molecular complexity index is 233. The van der Waals surface area contributed by atoms with Crippen molar-refractivity contribution in [1.29, 1.82) is 0 Å². The lowest BCUT2D eigenvalue weighted by Gasteiger charge is -2.34. The Morgan fingerprint density at radius 1 is 0.789 bits per heavy atom. The van der Waals surface area contributed by atoms with Crippen LogP contribution in [0, 0.1) is 0 Å². The van der Waals surface area contributed by atoms with Gasteiger partial charge in [0.05, 0.1) is 8.07 Å². The minimum atomic E-state index is -1.18. The van der Waals surface area contributed by atoms with Gasteiger partial charge in [0.2, 0.25) is 0 Å². The van der Waals surface area contributed by atoms with Gasteiger partial charge in [-0.25, -0.2) is 0 Å². The first-order valence-electron chi connectivity index (χ1n) is 8.49. The monoisotopic (exact) mass is 282 g/mol. The maximum Gasteiger partial charge on any atom is 0.0766 e. The molecule has 19 heavy (non-hydrogen) atoms. The quantitative estimate of drug-likeness (QED) is 0.295. The summed E-state index contributed by atoms with van der Waals surface area (Å²) in [5.41, 5.74) is 2.56. The standard InChI is InChI=1S/C18H38Si/c1-7-8-9-10-11-12-13-14-15-16-17-19(5,6)18(2,3)4/h16-17H,7-15H2,1-6H3/b17-16-. The first-order chi connectivity index (χ1) is 8.81. The third kappa shape index (κ3) is 9.48. The van der Waals surface area contributed by atoms with Crippen LogP contribution in [0.3, 0.4) is 0 Å². The first-order valence-corrected chi connectivity index (χ1v) is 11.6. The zero-order valence-electron chi connectivity index (χ0n) is 14.5. The molecule has 0 nitrogen and oxygen atoms in total. The van der Waals surface area contributed by atoms with Crippen molar-refractivity contribution in [3.63, 3.8) is 0 Å². The molecule has 0 saturated carbocycles. The summed E-state index contributed by atoms with van der Waals surface area (Å²) >= 11 is 0. The van der Waals surface area contributed by atoms with Gasteiger partial charge in [-0.15, -0.1) is 0 Å². The fourth-order valence-corrected chi connectivity index (χ4v) is 3.28. The Morgan fingerprint density at radius 3 is 1.74 bits per heavy atom. The van der Waals surface area contributed by atoms with E-state index in [4.69, 9.17) is 0 Å². The zero-order valence-corrected chi connectivity index (χ0v) is 15.5. The van der Waals surface area contributed by atoms with Crippen LogP contribution in [0.5, 0.6) is 0 Å². The molecule has 0 aliphatic carbocycles. The minimum Gasteiger partial charge on any atom is -0.0981 e. The Balaban J connectivity index is 3.54. The molecule has 0 bridgehead atoms. The maximum atomic E-state index is 2.56. The highest BCUT2D eigenvalue weighted by Crippen LogP contribution is 2.36. The molecular weight excluding hydrogens is 244 g/mol. The van der Waals surface area contributed by atoms with Crippen LogP contribution in [0.25, 0.3) is 0 Å². The molecule has 0 amide bonds. The van der Waals surface area contributed by atoms with E-state index in [0.717, 1.165) is 0 Å². The van der Waals surface area contributed by atoms with Crippen molar-refractivity contribution in [3.05, 3.63) is 11.8 Å². The van der Waals surface area contributed by atoms with Gasteiger partial charge in [-0.05, 0) is 17.9 Å². The Morgan fingerprint density at radius 2 is 1.26 bits per heavy atom. The van der Waals surface area contributed by atoms with Crippen LogP contribution in [0.15, 0.2) is 11.8 Å². The summed E-state index contributed by atoms with van der Waals surface area (Å²) in [6.07, 6.45) is 15.1. The lowest BCUT2D eigenvalue weighted by molar-refractivity contribution is 0.577. The number of rotatable bonds is 10. The second-order valence-electron chi connectivity index (χ2n) is 7.64. The summed E-state index contributed by atoms with van der Waals surface area (Å²) in [5.74, 6) is 0. The molecule has 0 spiro atoms. The smallest absolute Gasteiger partial charge is 0.0766 e. The van der Waals surface area contributed by atoms with E-state index in [2.05, 4.69) is 52.6 Å². The van der Waals surface area contributed by atoms with E-state index in [9.17, 15) is 0 Å². The van der Waals surface area contributed by atoms with Crippen LogP contribution in [-0.2, 0) is 0 Å². The van der Waals surface area contributed by atoms with Gasteiger partial charge in [0.15, 0.2) is 0 Å². The molecule has 0 rings (SSSR count). The van der Waals surface area contributed by atoms with Crippen molar-refractivity contribution in [2.45, 2.75) is 104 Å². The fourth-order valence-electron chi connectivity index (χ4n) is 2.02. The Labute approximate surface area is 124 Å². The molecule has 0 atom stereocenters. The average Bonchev–Trinajstić information content (AvgIpc) is 2.30. The van der Waals surface area contributed by atoms with E-state index in [-0.39, 0.29) is 0 Å². The van der Waals surface area contributed by atoms with Crippen LogP contribution >= 0.6 is 0 Å². The molecule has 0 aromatic heterocycles. The second kappa shape index (κ2) is 9.80. The third-order valence-corrected chi connectivity index (χ3v) is 9.63. The van der Waals surface area contributed by atoms with Gasteiger partial charge in [-0.2, -0.15) is 0 Å². The lowest BCUT2D eigenvalue weighted by atomic mass is 10.1. The molecule has 0 heterocycles. The maximum absolute atomic E-state index is 2.56. The molecule has 0 aliphatic heterocycles. The van der Waals surface area contributed by atoms with E-state index in [1.165, 1.54) is 57.8 Å². The van der Waals surface area contributed by atoms with Gasteiger partial charge in [0, 0.05) is 0 Å². The summed E-state index contributed by atoms with van der Waals surface area (Å²) in [5, 5.41) is 0.489. The van der Waals surface area contributed by atoms with Gasteiger partial charge >= 0.3 is 0 Å². The normalized spacial score (nSPS) is 13.4. The predicted molar refractivity (Wildman–Crippen MR) is 93.6 cm³/mol. The predicted octanol–water partition coefficient (Wildman–Crippen LogP) is 7.12. The van der Waals surface area contributed by atoms with Crippen molar-refractivity contribution in [3.8, 4) is 0 Å². The molecular formula is C18H38Si. The van der Waals surface area contributed by atoms with Crippen LogP contribution in [0.4, 0.5) is 0 Å². The molecule has 1 heteroatoms. The van der Waals surface area contributed by atoms with Crippen molar-refractivity contribution in [2.75, 3.05) is 0 Å². The molecule has 0 saturated heterocycles. The molecule has 0 aromatic rings. The van der Waals surface area contributed by atoms with Crippen molar-refractivity contribution in [1.82, 2.24) is 0 Å². The van der Waals surface area contributed by atoms with Crippen LogP contribution in [0.1, 0.15) is 85.5 Å². The SMILES string of the molecule is CCCCCCCCCC/C=C\[Si](C)(C)C(C)(C)C. The fraction of sp³-hybridized carbons (Fsp3) is 0.889. The summed E-state index contributed by atoms with van der Waals surface area (Å²) < 4.78 is 0. The molecule has 0 fully saturated rings. The summed E-state index contributed by atoms with van der Waals surface area (Å²) in [6.45, 7) is 14.4. The summed E-state index contributed by atoms with van der Waals surface area (Å²) in [4.78, 5) is 0. The number of unbranched alkanes of at least 4 members (excludes halogenated alkanes) is 8. The topological polar surface area (TPSA) is 0 Å². The van der Waals surface area contributed by atoms with Gasteiger partial charge < -0.3 is 0 Å². The van der Waals surface area contributed by atoms with Crippen molar-refractivity contribution >= 4 is 8.07 Å². The summed E-state index contributed by atoms with van der Waals surface area (Å²) in [7, 11) is -1.18. The third-order valence-electron chi connectivity index (χ3n) is 4.69. The molecule has 0 N–H and O–H groups in total. The minimum absolute atomic E-state index is 0.489. The number of hydrogen-bond donors (Lipinski definition) is 0. The second-order valence-corrected chi connectivity index (χ2v) is 12.9. The van der Waals surface area contributed by atoms with Crippen molar-refractivity contribution < 1.29 is 0 Å². The first kappa shape index (κ1) is 19.0.